The van der Waals surface area contributed by atoms with Gasteiger partial charge in [-0.3, -0.25) is 9.20 Å². The van der Waals surface area contributed by atoms with E-state index in [1.807, 2.05) is 4.90 Å². The number of hydrogen-bond acceptors (Lipinski definition) is 5. The lowest BCUT2D eigenvalue weighted by Gasteiger charge is -2.28. The zero-order valence-electron chi connectivity index (χ0n) is 17.6. The number of carboxylic acid groups (broad SMARTS) is 1. The Morgan fingerprint density at radius 2 is 1.88 bits per heavy atom. The van der Waals surface area contributed by atoms with E-state index in [9.17, 15) is 23.5 Å². The van der Waals surface area contributed by atoms with Gasteiger partial charge in [-0.1, -0.05) is 12.1 Å². The maximum absolute atomic E-state index is 13.6. The Labute approximate surface area is 183 Å². The van der Waals surface area contributed by atoms with E-state index in [4.69, 9.17) is 0 Å². The van der Waals surface area contributed by atoms with Crippen molar-refractivity contribution in [1.29, 1.82) is 0 Å². The number of benzene rings is 1. The van der Waals surface area contributed by atoms with E-state index >= 15 is 0 Å². The number of aromatic nitrogens is 2. The van der Waals surface area contributed by atoms with Crippen molar-refractivity contribution in [3.8, 4) is 0 Å². The minimum Gasteiger partial charge on any atom is -0.478 e. The van der Waals surface area contributed by atoms with Gasteiger partial charge in [0.1, 0.15) is 11.5 Å². The molecule has 2 N–H and O–H groups in total. The van der Waals surface area contributed by atoms with Crippen molar-refractivity contribution in [3.05, 3.63) is 69.6 Å². The van der Waals surface area contributed by atoms with Crippen LogP contribution in [0, 0.1) is 0 Å². The van der Waals surface area contributed by atoms with E-state index in [-0.39, 0.29) is 16.8 Å². The van der Waals surface area contributed by atoms with E-state index in [0.29, 0.717) is 17.1 Å². The number of rotatable bonds is 6. The second kappa shape index (κ2) is 8.94. The summed E-state index contributed by atoms with van der Waals surface area (Å²) in [5, 5.41) is 12.5. The molecule has 4 rings (SSSR count). The lowest BCUT2D eigenvalue weighted by atomic mass is 10.1. The monoisotopic (exact) mass is 442 g/mol. The summed E-state index contributed by atoms with van der Waals surface area (Å²) in [6, 6.07) is 8.49. The Morgan fingerprint density at radius 1 is 1.16 bits per heavy atom. The van der Waals surface area contributed by atoms with E-state index < -0.39 is 24.0 Å². The number of pyridine rings is 1. The fourth-order valence-corrected chi connectivity index (χ4v) is 4.07. The third-order valence-corrected chi connectivity index (χ3v) is 5.73. The number of nitrogens with one attached hydrogen (secondary N) is 1. The van der Waals surface area contributed by atoms with Crippen LogP contribution in [0.25, 0.3) is 5.65 Å². The zero-order valence-corrected chi connectivity index (χ0v) is 17.6. The maximum Gasteiger partial charge on any atom is 0.337 e. The molecule has 2 aromatic heterocycles. The number of fused-ring (bicyclic) bond motifs is 1. The first kappa shape index (κ1) is 21.7. The van der Waals surface area contributed by atoms with Crippen molar-refractivity contribution in [2.75, 3.05) is 23.3 Å². The van der Waals surface area contributed by atoms with E-state index in [0.717, 1.165) is 42.9 Å². The number of halogens is 2. The standard InChI is InChI=1S/C23H24F2N4O3/c1-14(26-18-8-4-3-7-16(18)23(31)32)17-11-15(21(24)25)13-29-20(30)12-19(27-22(17)29)28-9-5-2-6-10-28/h3-4,7-8,11-14,21,26H,2,5-6,9-10H2,1H3,(H,31,32). The largest absolute Gasteiger partial charge is 0.478 e. The molecule has 0 amide bonds. The van der Waals surface area contributed by atoms with Crippen LogP contribution in [0.15, 0.2) is 47.4 Å². The summed E-state index contributed by atoms with van der Waals surface area (Å²) in [7, 11) is 0. The Hall–Kier alpha value is -3.49. The van der Waals surface area contributed by atoms with E-state index in [1.54, 1.807) is 25.1 Å². The van der Waals surface area contributed by atoms with Gasteiger partial charge in [0.05, 0.1) is 11.6 Å². The number of alkyl halides is 2. The van der Waals surface area contributed by atoms with Gasteiger partial charge in [-0.05, 0) is 44.4 Å². The lowest BCUT2D eigenvalue weighted by molar-refractivity contribution is 0.0698. The second-order valence-corrected chi connectivity index (χ2v) is 7.94. The molecular formula is C23H24F2N4O3. The van der Waals surface area contributed by atoms with Crippen LogP contribution in [-0.2, 0) is 0 Å². The van der Waals surface area contributed by atoms with Crippen molar-refractivity contribution in [3.63, 3.8) is 0 Å². The minimum atomic E-state index is -2.77. The first-order chi connectivity index (χ1) is 15.3. The molecule has 3 aromatic rings. The SMILES string of the molecule is CC(Nc1ccccc1C(=O)O)c1cc(C(F)F)cn2c(=O)cc(N3CCCCC3)nc12. The molecule has 0 bridgehead atoms. The van der Waals surface area contributed by atoms with Crippen LogP contribution in [0.1, 0.15) is 60.1 Å². The molecule has 1 saturated heterocycles. The summed E-state index contributed by atoms with van der Waals surface area (Å²) in [5.41, 5.74) is 0.337. The van der Waals surface area contributed by atoms with Gasteiger partial charge in [0.2, 0.25) is 0 Å². The normalized spacial score (nSPS) is 15.2. The average molecular weight is 442 g/mol. The van der Waals surface area contributed by atoms with Gasteiger partial charge in [-0.15, -0.1) is 0 Å². The predicted molar refractivity (Wildman–Crippen MR) is 118 cm³/mol. The van der Waals surface area contributed by atoms with Crippen molar-refractivity contribution in [1.82, 2.24) is 9.38 Å². The van der Waals surface area contributed by atoms with Crippen LogP contribution >= 0.6 is 0 Å². The third kappa shape index (κ3) is 4.28. The minimum absolute atomic E-state index is 0.0628. The van der Waals surface area contributed by atoms with Crippen molar-refractivity contribution in [2.24, 2.45) is 0 Å². The Balaban J connectivity index is 1.83. The Morgan fingerprint density at radius 3 is 2.56 bits per heavy atom. The van der Waals surface area contributed by atoms with Crippen LogP contribution in [0.4, 0.5) is 20.3 Å². The molecule has 9 heteroatoms. The molecule has 1 aliphatic rings. The molecule has 32 heavy (non-hydrogen) atoms. The second-order valence-electron chi connectivity index (χ2n) is 7.94. The smallest absolute Gasteiger partial charge is 0.337 e. The summed E-state index contributed by atoms with van der Waals surface area (Å²) in [4.78, 5) is 31.1. The molecule has 1 unspecified atom stereocenters. The van der Waals surface area contributed by atoms with Crippen LogP contribution in [0.5, 0.6) is 0 Å². The third-order valence-electron chi connectivity index (χ3n) is 5.73. The molecule has 3 heterocycles. The highest BCUT2D eigenvalue weighted by molar-refractivity contribution is 5.94. The highest BCUT2D eigenvalue weighted by Gasteiger charge is 2.21. The molecule has 7 nitrogen and oxygen atoms in total. The Bertz CT molecular complexity index is 1210. The van der Waals surface area contributed by atoms with Gasteiger partial charge in [0.15, 0.2) is 0 Å². The number of piperidine rings is 1. The van der Waals surface area contributed by atoms with Crippen LogP contribution in [0.3, 0.4) is 0 Å². The van der Waals surface area contributed by atoms with Gasteiger partial charge in [0, 0.05) is 42.2 Å². The van der Waals surface area contributed by atoms with Crippen molar-refractivity contribution >= 4 is 23.1 Å². The number of carbonyl (C=O) groups is 1. The van der Waals surface area contributed by atoms with E-state index in [1.165, 1.54) is 18.2 Å². The summed E-state index contributed by atoms with van der Waals surface area (Å²) in [5.74, 6) is -0.577. The summed E-state index contributed by atoms with van der Waals surface area (Å²) >= 11 is 0. The van der Waals surface area contributed by atoms with Gasteiger partial charge in [-0.25, -0.2) is 18.6 Å². The molecule has 1 aliphatic heterocycles. The van der Waals surface area contributed by atoms with E-state index in [2.05, 4.69) is 10.3 Å². The van der Waals surface area contributed by atoms with Crippen molar-refractivity contribution < 1.29 is 18.7 Å². The molecule has 0 spiro atoms. The van der Waals surface area contributed by atoms with Gasteiger partial charge >= 0.3 is 5.97 Å². The summed E-state index contributed by atoms with van der Waals surface area (Å²) < 4.78 is 28.3. The first-order valence-corrected chi connectivity index (χ1v) is 10.5. The van der Waals surface area contributed by atoms with Gasteiger partial charge in [0.25, 0.3) is 12.0 Å². The molecule has 1 aromatic carbocycles. The molecular weight excluding hydrogens is 418 g/mol. The molecule has 1 fully saturated rings. The van der Waals surface area contributed by atoms with Gasteiger partial charge in [-0.2, -0.15) is 0 Å². The van der Waals surface area contributed by atoms with Gasteiger partial charge < -0.3 is 15.3 Å². The Kier molecular flexibility index (Phi) is 6.07. The molecule has 0 aliphatic carbocycles. The van der Waals surface area contributed by atoms with Crippen molar-refractivity contribution in [2.45, 2.75) is 38.7 Å². The fourth-order valence-electron chi connectivity index (χ4n) is 4.07. The predicted octanol–water partition coefficient (Wildman–Crippen LogP) is 4.49. The number of aromatic carboxylic acids is 1. The topological polar surface area (TPSA) is 86.9 Å². The molecule has 0 radical (unpaired) electrons. The average Bonchev–Trinajstić information content (AvgIpc) is 2.79. The van der Waals surface area contributed by atoms with Crippen LogP contribution in [-0.4, -0.2) is 33.6 Å². The zero-order chi connectivity index (χ0) is 22.8. The summed E-state index contributed by atoms with van der Waals surface area (Å²) in [6.45, 7) is 3.29. The number of nitrogens with zero attached hydrogens (tertiary/aromatic N) is 3. The van der Waals surface area contributed by atoms with Crippen LogP contribution in [0.2, 0.25) is 0 Å². The highest BCUT2D eigenvalue weighted by Crippen LogP contribution is 2.29. The lowest BCUT2D eigenvalue weighted by Crippen LogP contribution is -2.32. The first-order valence-electron chi connectivity index (χ1n) is 10.5. The summed E-state index contributed by atoms with van der Waals surface area (Å²) in [6.07, 6.45) is 1.47. The molecule has 0 saturated carbocycles. The highest BCUT2D eigenvalue weighted by atomic mass is 19.3. The maximum atomic E-state index is 13.6. The number of hydrogen-bond donors (Lipinski definition) is 2. The molecule has 168 valence electrons. The van der Waals surface area contributed by atoms with Crippen LogP contribution < -0.4 is 15.8 Å². The quantitative estimate of drug-likeness (QED) is 0.585. The number of carboxylic acids is 1. The number of anilines is 2. The fraction of sp³-hybridized carbons (Fsp3) is 0.348. The molecule has 1 atom stereocenters. The number of para-hydroxylation sites is 1.